The summed E-state index contributed by atoms with van der Waals surface area (Å²) in [7, 11) is 0. The number of aliphatic hydroxyl groups is 1. The van der Waals surface area contributed by atoms with Crippen LogP contribution < -0.4 is 0 Å². The van der Waals surface area contributed by atoms with Crippen LogP contribution in [-0.2, 0) is 27.1 Å². The average molecular weight is 358 g/mol. The maximum absolute atomic E-state index is 11.4. The van der Waals surface area contributed by atoms with Crippen LogP contribution in [0.15, 0.2) is 10.7 Å². The van der Waals surface area contributed by atoms with Crippen LogP contribution in [0.5, 0.6) is 0 Å². The molecular weight excluding hydrogens is 332 g/mol. The van der Waals surface area contributed by atoms with Gasteiger partial charge in [-0.3, -0.25) is 0 Å². The molecule has 5 nitrogen and oxygen atoms in total. The van der Waals surface area contributed by atoms with Gasteiger partial charge in [-0.1, -0.05) is 20.8 Å². The van der Waals surface area contributed by atoms with E-state index in [2.05, 4.69) is 20.8 Å². The highest BCUT2D eigenvalue weighted by Crippen LogP contribution is 2.80. The van der Waals surface area contributed by atoms with Crippen molar-refractivity contribution in [3.63, 3.8) is 0 Å². The third-order valence-corrected chi connectivity index (χ3v) is 8.73. The van der Waals surface area contributed by atoms with Crippen LogP contribution in [-0.4, -0.2) is 46.3 Å². The molecule has 3 aliphatic carbocycles. The highest BCUT2D eigenvalue weighted by atomic mass is 16.7. The second kappa shape index (κ2) is 4.09. The lowest BCUT2D eigenvalue weighted by Gasteiger charge is -2.46. The van der Waals surface area contributed by atoms with E-state index < -0.39 is 17.3 Å². The largest absolute Gasteiger partial charge is 0.469 e. The molecule has 1 N–H and O–H groups in total. The highest BCUT2D eigenvalue weighted by Gasteiger charge is 2.98. The Balaban J connectivity index is 1.34. The third-order valence-electron chi connectivity index (χ3n) is 8.73. The first-order valence-corrected chi connectivity index (χ1v) is 10.3. The molecule has 5 fully saturated rings. The Morgan fingerprint density at radius 2 is 2.04 bits per heavy atom. The molecular formula is C21H26O5. The Bertz CT molecular complexity index is 830. The minimum absolute atomic E-state index is 0.0312. The molecule has 2 saturated carbocycles. The standard InChI is InChI=1S/C21H26O5/c1-4-14-10-5-6-13-11(12(10)8-23-14)7-15-21(24-15)18(22)19(9(2)3)16(25-19)17-20(13,21)26-17/h8-9,11,13,15-18,22H,4-7H2,1-3H3/t11-,13-,15-,16-,17-,18+,19-,20-,21+/m0/s1. The molecule has 3 aliphatic heterocycles. The summed E-state index contributed by atoms with van der Waals surface area (Å²) in [5.74, 6) is 2.22. The van der Waals surface area contributed by atoms with E-state index in [1.165, 1.54) is 11.1 Å². The second-order valence-electron chi connectivity index (χ2n) is 9.61. The lowest BCUT2D eigenvalue weighted by atomic mass is 9.53. The fourth-order valence-electron chi connectivity index (χ4n) is 7.49. The predicted molar refractivity (Wildman–Crippen MR) is 90.9 cm³/mol. The zero-order valence-electron chi connectivity index (χ0n) is 15.5. The van der Waals surface area contributed by atoms with Crippen molar-refractivity contribution in [2.45, 2.75) is 93.6 Å². The number of fused-ring (bicyclic) bond motifs is 5. The maximum atomic E-state index is 11.4. The van der Waals surface area contributed by atoms with Crippen molar-refractivity contribution in [3.8, 4) is 0 Å². The van der Waals surface area contributed by atoms with Gasteiger partial charge < -0.3 is 23.7 Å². The zero-order chi connectivity index (χ0) is 17.6. The van der Waals surface area contributed by atoms with Gasteiger partial charge in [0.2, 0.25) is 0 Å². The molecule has 0 unspecified atom stereocenters. The minimum Gasteiger partial charge on any atom is -0.469 e. The Hall–Kier alpha value is -0.880. The highest BCUT2D eigenvalue weighted by molar-refractivity contribution is 5.49. The van der Waals surface area contributed by atoms with Crippen molar-refractivity contribution >= 4 is 0 Å². The first-order chi connectivity index (χ1) is 12.5. The minimum atomic E-state index is -0.582. The number of furan rings is 1. The normalized spacial score (nSPS) is 57.3. The molecule has 0 amide bonds. The molecule has 6 aliphatic rings. The molecule has 0 bridgehead atoms. The maximum Gasteiger partial charge on any atom is 0.155 e. The van der Waals surface area contributed by atoms with E-state index in [0.29, 0.717) is 11.8 Å². The van der Waals surface area contributed by atoms with Gasteiger partial charge in [0.1, 0.15) is 35.3 Å². The number of aryl methyl sites for hydroxylation is 1. The fraction of sp³-hybridized carbons (Fsp3) is 0.810. The molecule has 1 aromatic rings. The Labute approximate surface area is 153 Å². The van der Waals surface area contributed by atoms with Crippen LogP contribution in [0.25, 0.3) is 0 Å². The summed E-state index contributed by atoms with van der Waals surface area (Å²) >= 11 is 0. The molecule has 7 rings (SSSR count). The zero-order valence-corrected chi connectivity index (χ0v) is 15.5. The van der Waals surface area contributed by atoms with Gasteiger partial charge in [-0.2, -0.15) is 0 Å². The van der Waals surface area contributed by atoms with Crippen LogP contribution in [0.2, 0.25) is 0 Å². The number of aliphatic hydroxyl groups excluding tert-OH is 1. The molecule has 2 spiro atoms. The van der Waals surface area contributed by atoms with Gasteiger partial charge in [0, 0.05) is 12.3 Å². The van der Waals surface area contributed by atoms with Gasteiger partial charge >= 0.3 is 0 Å². The van der Waals surface area contributed by atoms with E-state index in [0.717, 1.165) is 31.4 Å². The quantitative estimate of drug-likeness (QED) is 0.822. The Morgan fingerprint density at radius 1 is 1.19 bits per heavy atom. The van der Waals surface area contributed by atoms with Crippen LogP contribution >= 0.6 is 0 Å². The van der Waals surface area contributed by atoms with Gasteiger partial charge in [-0.15, -0.1) is 0 Å². The van der Waals surface area contributed by atoms with Gasteiger partial charge in [0.15, 0.2) is 5.60 Å². The first-order valence-electron chi connectivity index (χ1n) is 10.3. The van der Waals surface area contributed by atoms with Crippen LogP contribution in [0.4, 0.5) is 0 Å². The number of ether oxygens (including phenoxy) is 3. The van der Waals surface area contributed by atoms with Crippen LogP contribution in [0.1, 0.15) is 56.4 Å². The monoisotopic (exact) mass is 358 g/mol. The van der Waals surface area contributed by atoms with E-state index in [1.807, 2.05) is 6.26 Å². The Kier molecular flexibility index (Phi) is 2.38. The molecule has 4 heterocycles. The van der Waals surface area contributed by atoms with Gasteiger partial charge in [-0.05, 0) is 42.2 Å². The van der Waals surface area contributed by atoms with Crippen molar-refractivity contribution < 1.29 is 23.7 Å². The summed E-state index contributed by atoms with van der Waals surface area (Å²) in [5, 5.41) is 11.4. The molecule has 3 saturated heterocycles. The van der Waals surface area contributed by atoms with E-state index in [-0.39, 0.29) is 29.8 Å². The van der Waals surface area contributed by atoms with E-state index in [4.69, 9.17) is 18.6 Å². The molecule has 26 heavy (non-hydrogen) atoms. The number of hydrogen-bond acceptors (Lipinski definition) is 5. The number of epoxide rings is 3. The molecule has 140 valence electrons. The summed E-state index contributed by atoms with van der Waals surface area (Å²) in [6, 6.07) is 0. The third kappa shape index (κ3) is 1.25. The van der Waals surface area contributed by atoms with Gasteiger partial charge in [0.05, 0.1) is 12.4 Å². The SMILES string of the molecule is CCc1occ2c1CC[C@H]1[C@H]2C[C@@H]2O[C@@]23[C@H](O)[C@@]2(C(C)C)O[C@H]2[C@@H]2O[C@@]123. The lowest BCUT2D eigenvalue weighted by Crippen LogP contribution is -2.65. The topological polar surface area (TPSA) is 71.0 Å². The second-order valence-corrected chi connectivity index (χ2v) is 9.61. The van der Waals surface area contributed by atoms with Crippen LogP contribution in [0, 0.1) is 11.8 Å². The molecule has 0 radical (unpaired) electrons. The fourth-order valence-corrected chi connectivity index (χ4v) is 7.49. The van der Waals surface area contributed by atoms with E-state index in [1.54, 1.807) is 0 Å². The average Bonchev–Trinajstić information content (AvgIpc) is 3.51. The molecule has 5 heteroatoms. The van der Waals surface area contributed by atoms with Crippen LogP contribution in [0.3, 0.4) is 0 Å². The molecule has 0 aromatic carbocycles. The Morgan fingerprint density at radius 3 is 2.81 bits per heavy atom. The van der Waals surface area contributed by atoms with Gasteiger partial charge in [0.25, 0.3) is 0 Å². The summed E-state index contributed by atoms with van der Waals surface area (Å²) in [6.45, 7) is 6.44. The number of rotatable bonds is 2. The molecule has 9 atom stereocenters. The predicted octanol–water partition coefficient (Wildman–Crippen LogP) is 2.33. The summed E-state index contributed by atoms with van der Waals surface area (Å²) < 4.78 is 24.9. The number of hydrogen-bond donors (Lipinski definition) is 1. The van der Waals surface area contributed by atoms with E-state index in [9.17, 15) is 5.11 Å². The van der Waals surface area contributed by atoms with Crippen molar-refractivity contribution in [1.82, 2.24) is 0 Å². The van der Waals surface area contributed by atoms with Crippen molar-refractivity contribution in [3.05, 3.63) is 23.2 Å². The molecule has 1 aromatic heterocycles. The summed E-state index contributed by atoms with van der Waals surface area (Å²) in [5.41, 5.74) is 1.45. The van der Waals surface area contributed by atoms with Crippen molar-refractivity contribution in [1.29, 1.82) is 0 Å². The van der Waals surface area contributed by atoms with E-state index >= 15 is 0 Å². The lowest BCUT2D eigenvalue weighted by molar-refractivity contribution is -0.0656. The summed E-state index contributed by atoms with van der Waals surface area (Å²) in [4.78, 5) is 0. The van der Waals surface area contributed by atoms with Crippen molar-refractivity contribution in [2.24, 2.45) is 11.8 Å². The smallest absolute Gasteiger partial charge is 0.155 e. The van der Waals surface area contributed by atoms with Crippen molar-refractivity contribution in [2.75, 3.05) is 0 Å². The first kappa shape index (κ1) is 15.1. The van der Waals surface area contributed by atoms with Gasteiger partial charge in [-0.25, -0.2) is 0 Å². The summed E-state index contributed by atoms with van der Waals surface area (Å²) in [6.07, 6.45) is 5.66.